The fourth-order valence-corrected chi connectivity index (χ4v) is 3.16. The smallest absolute Gasteiger partial charge is 0.163 e. The van der Waals surface area contributed by atoms with E-state index < -0.39 is 0 Å². The summed E-state index contributed by atoms with van der Waals surface area (Å²) < 4.78 is 11.6. The number of hydrazine groups is 1. The Labute approximate surface area is 187 Å². The zero-order valence-corrected chi connectivity index (χ0v) is 18.4. The van der Waals surface area contributed by atoms with Crippen molar-refractivity contribution in [1.29, 1.82) is 5.26 Å². The number of benzene rings is 2. The molecule has 0 aliphatic carbocycles. The van der Waals surface area contributed by atoms with Crippen molar-refractivity contribution in [2.75, 3.05) is 13.2 Å². The van der Waals surface area contributed by atoms with Gasteiger partial charge < -0.3 is 20.3 Å². The number of carbonyl (C=O) groups excluding carboxylic acids is 1. The molecular weight excluding hydrogens is 410 g/mol. The van der Waals surface area contributed by atoms with Crippen molar-refractivity contribution in [2.45, 2.75) is 39.5 Å². The first-order valence-electron chi connectivity index (χ1n) is 10.4. The number of Topliss-reactive ketones (excluding diaryl/α,β-unsaturated/α-hetero) is 1. The van der Waals surface area contributed by atoms with Gasteiger partial charge in [-0.1, -0.05) is 13.3 Å². The van der Waals surface area contributed by atoms with Crippen molar-refractivity contribution in [2.24, 2.45) is 16.7 Å². The van der Waals surface area contributed by atoms with E-state index in [1.54, 1.807) is 30.3 Å². The molecule has 0 spiro atoms. The second-order valence-corrected chi connectivity index (χ2v) is 7.09. The normalized spacial score (nSPS) is 11.0. The van der Waals surface area contributed by atoms with Crippen molar-refractivity contribution in [1.82, 2.24) is 5.53 Å². The number of amidine groups is 1. The number of nitriles is 1. The Morgan fingerprint density at radius 1 is 1.19 bits per heavy atom. The van der Waals surface area contributed by atoms with Crippen molar-refractivity contribution < 1.29 is 19.4 Å². The number of phenols is 1. The molecule has 0 bridgehead atoms. The fraction of sp³-hybridized carbons (Fsp3) is 0.348. The third kappa shape index (κ3) is 6.36. The summed E-state index contributed by atoms with van der Waals surface area (Å²) in [6.07, 6.45) is 2.90. The molecule has 32 heavy (non-hydrogen) atoms. The molecule has 0 heterocycles. The number of hydrogen-bond acceptors (Lipinski definition) is 8. The Bertz CT molecular complexity index is 1010. The zero-order chi connectivity index (χ0) is 23.5. The Morgan fingerprint density at radius 3 is 2.50 bits per heavy atom. The van der Waals surface area contributed by atoms with Crippen LogP contribution in [0.3, 0.4) is 0 Å². The van der Waals surface area contributed by atoms with Crippen LogP contribution in [0.2, 0.25) is 0 Å². The maximum atomic E-state index is 11.7. The van der Waals surface area contributed by atoms with E-state index in [1.165, 1.54) is 6.92 Å². The van der Waals surface area contributed by atoms with Gasteiger partial charge in [0.2, 0.25) is 0 Å². The zero-order valence-electron chi connectivity index (χ0n) is 18.4. The fourth-order valence-electron chi connectivity index (χ4n) is 3.16. The second-order valence-electron chi connectivity index (χ2n) is 7.09. The van der Waals surface area contributed by atoms with Crippen LogP contribution in [0.1, 0.15) is 60.2 Å². The Morgan fingerprint density at radius 2 is 1.88 bits per heavy atom. The quantitative estimate of drug-likeness (QED) is 0.0982. The Kier molecular flexibility index (Phi) is 9.32. The lowest BCUT2D eigenvalue weighted by Gasteiger charge is -2.15. The number of hydrogen-bond donors (Lipinski definition) is 4. The minimum Gasteiger partial charge on any atom is -0.507 e. The molecule has 2 aromatic carbocycles. The highest BCUT2D eigenvalue weighted by molar-refractivity contribution is 5.99. The minimum atomic E-state index is -0.179. The summed E-state index contributed by atoms with van der Waals surface area (Å²) in [5, 5.41) is 23.4. The number of phenolic OH excluding ortho intramolecular Hbond substituents is 1. The molecule has 0 saturated heterocycles. The standard InChI is InChI=1S/C23H29N5O4/c1-3-6-20-21(10-9-18(15(2)29)22(20)30)32-12-5-4-11-31-17-7-8-19(16(13-17)14-24)23(25)27-28-26/h7-10,13,28,30H,3-6,11-12,26H2,1-2H3,(H2,25,27). The number of nitrogens with zero attached hydrogens (tertiary/aromatic N) is 2. The molecule has 0 fully saturated rings. The van der Waals surface area contributed by atoms with Gasteiger partial charge in [-0.15, -0.1) is 5.10 Å². The highest BCUT2D eigenvalue weighted by Gasteiger charge is 2.15. The lowest BCUT2D eigenvalue weighted by molar-refractivity contribution is 0.101. The van der Waals surface area contributed by atoms with Gasteiger partial charge in [0.25, 0.3) is 0 Å². The first kappa shape index (κ1) is 24.5. The third-order valence-corrected chi connectivity index (χ3v) is 4.76. The third-order valence-electron chi connectivity index (χ3n) is 4.76. The molecule has 9 heteroatoms. The summed E-state index contributed by atoms with van der Waals surface area (Å²) in [5.41, 5.74) is 9.63. The Hall–Kier alpha value is -3.77. The van der Waals surface area contributed by atoms with Crippen LogP contribution in [0, 0.1) is 11.3 Å². The molecule has 0 saturated carbocycles. The number of unbranched alkanes of at least 4 members (excludes halogenated alkanes) is 1. The number of rotatable bonds is 12. The van der Waals surface area contributed by atoms with E-state index in [2.05, 4.69) is 16.7 Å². The largest absolute Gasteiger partial charge is 0.507 e. The molecule has 170 valence electrons. The van der Waals surface area contributed by atoms with E-state index in [1.807, 2.05) is 6.92 Å². The molecular formula is C23H29N5O4. The van der Waals surface area contributed by atoms with E-state index in [9.17, 15) is 15.2 Å². The molecule has 0 amide bonds. The molecule has 2 rings (SSSR count). The van der Waals surface area contributed by atoms with Crippen LogP contribution in [0.4, 0.5) is 0 Å². The minimum absolute atomic E-state index is 0.00449. The number of nitrogens with two attached hydrogens (primary N) is 2. The van der Waals surface area contributed by atoms with E-state index in [0.717, 1.165) is 19.3 Å². The average molecular weight is 440 g/mol. The molecule has 6 N–H and O–H groups in total. The molecule has 0 aliphatic rings. The van der Waals surface area contributed by atoms with Gasteiger partial charge in [-0.2, -0.15) is 5.26 Å². The monoisotopic (exact) mass is 439 g/mol. The molecule has 0 radical (unpaired) electrons. The number of ether oxygens (including phenoxy) is 2. The van der Waals surface area contributed by atoms with E-state index >= 15 is 0 Å². The lowest BCUT2D eigenvalue weighted by atomic mass is 10.0. The molecule has 0 atom stereocenters. The van der Waals surface area contributed by atoms with Gasteiger partial charge in [-0.05, 0) is 56.5 Å². The van der Waals surface area contributed by atoms with Crippen molar-refractivity contribution >= 4 is 11.6 Å². The second kappa shape index (κ2) is 12.2. The van der Waals surface area contributed by atoms with Gasteiger partial charge in [0.05, 0.1) is 24.3 Å². The topological polar surface area (TPSA) is 156 Å². The summed E-state index contributed by atoms with van der Waals surface area (Å²) in [6.45, 7) is 4.32. The van der Waals surface area contributed by atoms with Crippen LogP contribution in [0.15, 0.2) is 35.4 Å². The summed E-state index contributed by atoms with van der Waals surface area (Å²) in [5.74, 6) is 6.20. The number of hydrazone groups is 1. The maximum Gasteiger partial charge on any atom is 0.163 e. The van der Waals surface area contributed by atoms with Crippen LogP contribution >= 0.6 is 0 Å². The predicted molar refractivity (Wildman–Crippen MR) is 122 cm³/mol. The summed E-state index contributed by atoms with van der Waals surface area (Å²) in [6, 6.07) is 10.3. The highest BCUT2D eigenvalue weighted by Crippen LogP contribution is 2.33. The molecule has 0 unspecified atom stereocenters. The first-order chi connectivity index (χ1) is 15.4. The van der Waals surface area contributed by atoms with Crippen LogP contribution in [-0.2, 0) is 6.42 Å². The molecule has 0 aromatic heterocycles. The Balaban J connectivity index is 1.88. The molecule has 2 aromatic rings. The van der Waals surface area contributed by atoms with Crippen molar-refractivity contribution in [3.05, 3.63) is 52.6 Å². The first-order valence-corrected chi connectivity index (χ1v) is 10.4. The van der Waals surface area contributed by atoms with Crippen molar-refractivity contribution in [3.63, 3.8) is 0 Å². The summed E-state index contributed by atoms with van der Waals surface area (Å²) in [7, 11) is 0. The summed E-state index contributed by atoms with van der Waals surface area (Å²) in [4.78, 5) is 11.7. The average Bonchev–Trinajstić information content (AvgIpc) is 2.77. The van der Waals surface area contributed by atoms with Gasteiger partial charge in [0.1, 0.15) is 23.3 Å². The number of ketones is 1. The predicted octanol–water partition coefficient (Wildman–Crippen LogP) is 2.74. The van der Waals surface area contributed by atoms with E-state index in [-0.39, 0.29) is 17.4 Å². The van der Waals surface area contributed by atoms with Gasteiger partial charge in [-0.3, -0.25) is 4.79 Å². The van der Waals surface area contributed by atoms with Gasteiger partial charge in [0.15, 0.2) is 11.6 Å². The van der Waals surface area contributed by atoms with E-state index in [4.69, 9.17) is 21.1 Å². The highest BCUT2D eigenvalue weighted by atomic mass is 16.5. The van der Waals surface area contributed by atoms with Gasteiger partial charge in [-0.25, -0.2) is 11.4 Å². The molecule has 0 aliphatic heterocycles. The number of nitrogens with one attached hydrogen (secondary N) is 1. The van der Waals surface area contributed by atoms with Gasteiger partial charge in [0, 0.05) is 11.1 Å². The summed E-state index contributed by atoms with van der Waals surface area (Å²) >= 11 is 0. The lowest BCUT2D eigenvalue weighted by Crippen LogP contribution is -2.23. The number of aromatic hydroxyl groups is 1. The maximum absolute atomic E-state index is 11.7. The van der Waals surface area contributed by atoms with Crippen molar-refractivity contribution in [3.8, 4) is 23.3 Å². The number of carbonyl (C=O) groups is 1. The SMILES string of the molecule is CCCc1c(OCCCCOc2ccc(/C(N)=N/NN)c(C#N)c2)ccc(C(C)=O)c1O. The van der Waals surface area contributed by atoms with Crippen LogP contribution in [0.5, 0.6) is 17.2 Å². The molecule has 9 nitrogen and oxygen atoms in total. The van der Waals surface area contributed by atoms with Crippen LogP contribution in [-0.4, -0.2) is 29.9 Å². The van der Waals surface area contributed by atoms with Crippen LogP contribution < -0.4 is 26.6 Å². The van der Waals surface area contributed by atoms with Gasteiger partial charge >= 0.3 is 0 Å². The van der Waals surface area contributed by atoms with E-state index in [0.29, 0.717) is 53.4 Å². The van der Waals surface area contributed by atoms with Crippen LogP contribution in [0.25, 0.3) is 0 Å².